The van der Waals surface area contributed by atoms with Crippen molar-refractivity contribution in [2.24, 2.45) is 0 Å². The molecule has 2 aromatic heterocycles. The lowest BCUT2D eigenvalue weighted by atomic mass is 9.66. The van der Waals surface area contributed by atoms with Crippen molar-refractivity contribution >= 4 is 11.9 Å². The molecule has 132 heavy (non-hydrogen) atoms. The topological polar surface area (TPSA) is 132 Å². The van der Waals surface area contributed by atoms with E-state index in [2.05, 4.69) is 319 Å². The lowest BCUT2D eigenvalue weighted by Crippen LogP contribution is -2.32. The molecule has 0 saturated carbocycles. The molecule has 0 radical (unpaired) electrons. The quantitative estimate of drug-likeness (QED) is 0.0280. The van der Waals surface area contributed by atoms with Gasteiger partial charge in [0.25, 0.3) is 0 Å². The van der Waals surface area contributed by atoms with E-state index >= 15 is 9.59 Å². The second kappa shape index (κ2) is 44.3. The first-order valence-corrected chi connectivity index (χ1v) is 50.6. The molecule has 0 aliphatic carbocycles. The van der Waals surface area contributed by atoms with E-state index < -0.39 is 22.8 Å². The highest BCUT2D eigenvalue weighted by molar-refractivity contribution is 6.00. The standard InChI is InChI=1S/C120H156N6O6/c1-113(2,3)91-53-65-97(66-54-91)119(98-67-55-92(56-68-98)114(4,5)6,99-69-57-93(58-70-99)115(7,8)9)77-79-125-85-103(121-123-125)51-41-81-129-107-83-106-108(130-82-42-52-104-86-126(124-122-104)80-78-120(100-71-59-94(60-72-100)116(10,11)12,101-73-61-95(62-74-101)117(13,14)15)102-75-63-96(64-76-102)118(16,17)18)84-105(107)111(127)131-109-87-43-35-31-27-23-19-21-25-29-33-37-45-89-49-40-50-90(110(89)132-112(106)128)46-38-34-30-26-22-20-24-28-32-36-44-88(109)48-39-47-87/h39-40,47-50,53-76,83-86H,19-38,41-46,51-52,77-82H2,1-18H3. The maximum atomic E-state index is 16.0. The molecule has 6 heterocycles. The van der Waals surface area contributed by atoms with E-state index in [0.29, 0.717) is 63.1 Å². The minimum absolute atomic E-state index is 0.0223. The van der Waals surface area contributed by atoms with E-state index in [1.807, 2.05) is 9.36 Å². The molecule has 15 rings (SSSR count). The molecule has 0 spiro atoms. The summed E-state index contributed by atoms with van der Waals surface area (Å²) < 4.78 is 32.0. The average molecular weight is 1780 g/mol. The van der Waals surface area contributed by atoms with E-state index in [1.165, 1.54) is 144 Å². The molecule has 0 unspecified atom stereocenters. The van der Waals surface area contributed by atoms with Gasteiger partial charge in [-0.3, -0.25) is 9.36 Å². The van der Waals surface area contributed by atoms with Crippen LogP contribution in [0.15, 0.2) is 207 Å². The Bertz CT molecular complexity index is 4830. The first kappa shape index (κ1) is 99.3. The van der Waals surface area contributed by atoms with Crippen LogP contribution in [0.3, 0.4) is 0 Å². The fraction of sp³-hybridized carbons (Fsp3) is 0.500. The van der Waals surface area contributed by atoms with Crippen molar-refractivity contribution in [3.63, 3.8) is 0 Å². The van der Waals surface area contributed by atoms with Gasteiger partial charge in [-0.15, -0.1) is 10.2 Å². The van der Waals surface area contributed by atoms with Crippen LogP contribution in [0, 0.1) is 0 Å². The number of ether oxygens (including phenoxy) is 4. The number of para-hydroxylation sites is 2. The summed E-state index contributed by atoms with van der Waals surface area (Å²) in [5.41, 5.74) is 19.9. The zero-order valence-electron chi connectivity index (χ0n) is 83.8. The Labute approximate surface area is 793 Å². The van der Waals surface area contributed by atoms with Crippen LogP contribution >= 0.6 is 0 Å². The van der Waals surface area contributed by atoms with Crippen molar-refractivity contribution in [3.05, 3.63) is 318 Å². The summed E-state index contributed by atoms with van der Waals surface area (Å²) in [4.78, 5) is 32.0. The molecule has 0 atom stereocenters. The Morgan fingerprint density at radius 3 is 0.720 bits per heavy atom. The van der Waals surface area contributed by atoms with Gasteiger partial charge in [0.1, 0.15) is 34.1 Å². The number of benzene rings is 9. The van der Waals surface area contributed by atoms with Crippen LogP contribution in [0.2, 0.25) is 0 Å². The number of fused-ring (bicyclic) bond motifs is 22. The third-order valence-electron chi connectivity index (χ3n) is 28.3. The van der Waals surface area contributed by atoms with E-state index in [4.69, 9.17) is 39.6 Å². The van der Waals surface area contributed by atoms with Gasteiger partial charge in [0.05, 0.1) is 24.6 Å². The molecule has 0 saturated heterocycles. The number of carbonyl (C=O) groups is 2. The van der Waals surface area contributed by atoms with Gasteiger partial charge in [0, 0.05) is 36.3 Å². The van der Waals surface area contributed by atoms with E-state index in [0.717, 1.165) is 111 Å². The Hall–Kier alpha value is -10.2. The Morgan fingerprint density at radius 2 is 0.500 bits per heavy atom. The van der Waals surface area contributed by atoms with Crippen LogP contribution in [0.1, 0.15) is 400 Å². The second-order valence-electron chi connectivity index (χ2n) is 44.6. The van der Waals surface area contributed by atoms with Gasteiger partial charge in [-0.05, 0) is 224 Å². The predicted molar refractivity (Wildman–Crippen MR) is 544 cm³/mol. The average Bonchev–Trinajstić information content (AvgIpc) is 0.887. The van der Waals surface area contributed by atoms with Gasteiger partial charge < -0.3 is 18.9 Å². The van der Waals surface area contributed by atoms with Crippen molar-refractivity contribution in [1.82, 2.24) is 30.0 Å². The molecule has 0 amide bonds. The lowest BCUT2D eigenvalue weighted by molar-refractivity contribution is 0.0708. The second-order valence-corrected chi connectivity index (χ2v) is 44.6. The summed E-state index contributed by atoms with van der Waals surface area (Å²) in [7, 11) is 0. The number of aryl methyl sites for hydroxylation is 8. The number of carbonyl (C=O) groups excluding carboxylic acids is 2. The molecule has 4 bridgehead atoms. The van der Waals surface area contributed by atoms with Gasteiger partial charge in [0.2, 0.25) is 0 Å². The number of nitrogens with zero attached hydrogens (tertiary/aromatic N) is 6. The molecule has 4 aliphatic heterocycles. The number of hydrogen-bond donors (Lipinski definition) is 0. The van der Waals surface area contributed by atoms with Gasteiger partial charge in [-0.1, -0.05) is 420 Å². The third kappa shape index (κ3) is 25.8. The van der Waals surface area contributed by atoms with Crippen molar-refractivity contribution in [2.45, 2.75) is 374 Å². The van der Waals surface area contributed by atoms with Crippen molar-refractivity contribution < 1.29 is 28.5 Å². The lowest BCUT2D eigenvalue weighted by Gasteiger charge is -2.37. The number of hydrogen-bond acceptors (Lipinski definition) is 10. The highest BCUT2D eigenvalue weighted by Gasteiger charge is 2.41. The molecule has 0 fully saturated rings. The fourth-order valence-corrected chi connectivity index (χ4v) is 19.8. The van der Waals surface area contributed by atoms with Crippen LogP contribution < -0.4 is 18.9 Å². The summed E-state index contributed by atoms with van der Waals surface area (Å²) >= 11 is 0. The Balaban J connectivity index is 0.837. The smallest absolute Gasteiger partial charge is 0.347 e. The Morgan fingerprint density at radius 1 is 0.288 bits per heavy atom. The molecule has 702 valence electrons. The summed E-state index contributed by atoms with van der Waals surface area (Å²) in [5.74, 6) is 0.520. The van der Waals surface area contributed by atoms with Crippen molar-refractivity contribution in [2.75, 3.05) is 13.2 Å². The van der Waals surface area contributed by atoms with Gasteiger partial charge in [-0.25, -0.2) is 9.59 Å². The molecule has 4 aliphatic rings. The number of aromatic nitrogens is 6. The zero-order chi connectivity index (χ0) is 93.9. The summed E-state index contributed by atoms with van der Waals surface area (Å²) in [6, 6.07) is 72.3. The summed E-state index contributed by atoms with van der Waals surface area (Å²) in [6.07, 6.45) is 33.7. The van der Waals surface area contributed by atoms with Crippen molar-refractivity contribution in [3.8, 4) is 23.0 Å². The molecule has 12 nitrogen and oxygen atoms in total. The third-order valence-corrected chi connectivity index (χ3v) is 28.3. The Kier molecular flexibility index (Phi) is 33.3. The van der Waals surface area contributed by atoms with Crippen LogP contribution in [0.4, 0.5) is 0 Å². The maximum absolute atomic E-state index is 16.0. The summed E-state index contributed by atoms with van der Waals surface area (Å²) in [5, 5.41) is 19.5. The van der Waals surface area contributed by atoms with Crippen LogP contribution in [0.5, 0.6) is 23.0 Å². The highest BCUT2D eigenvalue weighted by Crippen LogP contribution is 2.48. The van der Waals surface area contributed by atoms with E-state index in [9.17, 15) is 0 Å². The molecule has 12 heteroatoms. The monoisotopic (exact) mass is 1780 g/mol. The van der Waals surface area contributed by atoms with Crippen molar-refractivity contribution in [1.29, 1.82) is 0 Å². The van der Waals surface area contributed by atoms with Crippen LogP contribution in [0.25, 0.3) is 0 Å². The minimum Gasteiger partial charge on any atom is -0.493 e. The molecule has 9 aromatic carbocycles. The van der Waals surface area contributed by atoms with Crippen LogP contribution in [-0.2, 0) is 94.9 Å². The first-order valence-electron chi connectivity index (χ1n) is 50.6. The normalized spacial score (nSPS) is 15.4. The largest absolute Gasteiger partial charge is 0.493 e. The molecular weight excluding hydrogens is 1620 g/mol. The SMILES string of the molecule is CC(C)(C)c1ccc(C(CCn2cc(CCCOc3cc4c(OCCCc5cn(CCC(c6ccc(C(C)(C)C)cc6)(c6ccc(C(C)(C)C)cc6)c6ccc(C(C)(C)C)cc6)nn5)cc3C(=O)Oc3c5cccc3CCCCCCCCCCCCc3cccc(c3OC4=O)CCCCCCCCCCCC5)nn2)(c2ccc(C(C)(C)C)cc2)c2ccc(C(C)(C)C)cc2)cc1. The van der Waals surface area contributed by atoms with E-state index in [1.54, 1.807) is 12.1 Å². The minimum atomic E-state index is -0.578. The summed E-state index contributed by atoms with van der Waals surface area (Å²) in [6.45, 7) is 42.5. The fourth-order valence-electron chi connectivity index (χ4n) is 19.8. The molecule has 0 N–H and O–H groups in total. The maximum Gasteiger partial charge on any atom is 0.347 e. The number of rotatable bonds is 22. The molecular formula is C120H156N6O6. The van der Waals surface area contributed by atoms with Crippen LogP contribution in [-0.4, -0.2) is 55.1 Å². The zero-order valence-corrected chi connectivity index (χ0v) is 83.8. The highest BCUT2D eigenvalue weighted by atomic mass is 16.5. The van der Waals surface area contributed by atoms with Gasteiger partial charge >= 0.3 is 11.9 Å². The number of esters is 2. The van der Waals surface area contributed by atoms with Gasteiger partial charge in [0.15, 0.2) is 0 Å². The van der Waals surface area contributed by atoms with E-state index in [-0.39, 0.29) is 68.3 Å². The first-order chi connectivity index (χ1) is 63.0. The molecule has 11 aromatic rings. The van der Waals surface area contributed by atoms with Gasteiger partial charge in [-0.2, -0.15) is 0 Å². The predicted octanol–water partition coefficient (Wildman–Crippen LogP) is 30.0.